The number of aliphatic hydroxyl groups is 1. The average Bonchev–Trinajstić information content (AvgIpc) is 3.39. The highest BCUT2D eigenvalue weighted by Gasteiger charge is 2.27. The Morgan fingerprint density at radius 2 is 1.96 bits per heavy atom. The number of rotatable bonds is 8. The second kappa shape index (κ2) is 9.88. The Bertz CT molecular complexity index is 715. The van der Waals surface area contributed by atoms with E-state index in [2.05, 4.69) is 50.9 Å². The molecule has 1 aromatic heterocycles. The summed E-state index contributed by atoms with van der Waals surface area (Å²) in [6.07, 6.45) is 6.23. The molecule has 1 N–H and O–H groups in total. The lowest BCUT2D eigenvalue weighted by Gasteiger charge is -2.41. The smallest absolute Gasteiger partial charge is 0.120 e. The van der Waals surface area contributed by atoms with Crippen LogP contribution in [0.3, 0.4) is 0 Å². The zero-order valence-electron chi connectivity index (χ0n) is 16.6. The third-order valence-corrected chi connectivity index (χ3v) is 6.76. The quantitative estimate of drug-likeness (QED) is 0.722. The van der Waals surface area contributed by atoms with Crippen LogP contribution in [-0.4, -0.2) is 53.3 Å². The van der Waals surface area contributed by atoms with E-state index in [1.165, 1.54) is 36.8 Å². The fraction of sp³-hybridized carbons (Fsp3) is 0.565. The Balaban J connectivity index is 1.34. The van der Waals surface area contributed by atoms with Crippen LogP contribution >= 0.6 is 11.3 Å². The molecule has 2 aromatic rings. The fourth-order valence-corrected chi connectivity index (χ4v) is 5.18. The number of thiophene rings is 1. The number of nitrogens with zero attached hydrogens (tertiary/aromatic N) is 2. The molecule has 1 atom stereocenters. The van der Waals surface area contributed by atoms with Gasteiger partial charge in [-0.15, -0.1) is 0 Å². The van der Waals surface area contributed by atoms with Crippen molar-refractivity contribution in [1.29, 1.82) is 0 Å². The first-order chi connectivity index (χ1) is 13.8. The summed E-state index contributed by atoms with van der Waals surface area (Å²) in [6.45, 7) is 5.34. The molecule has 1 saturated carbocycles. The predicted octanol–water partition coefficient (Wildman–Crippen LogP) is 4.14. The SMILES string of the molecule is OCC[C@H]1CN(Cc2cccc(OC3CCCC3)c2)CCN1Cc1ccsc1. The highest BCUT2D eigenvalue weighted by Crippen LogP contribution is 2.25. The maximum atomic E-state index is 9.55. The molecule has 0 unspecified atom stereocenters. The molecule has 0 bridgehead atoms. The van der Waals surface area contributed by atoms with E-state index < -0.39 is 0 Å². The first-order valence-electron chi connectivity index (χ1n) is 10.6. The Kier molecular flexibility index (Phi) is 7.02. The largest absolute Gasteiger partial charge is 0.490 e. The standard InChI is InChI=1S/C23H32N2O2S/c26-12-8-21-17-24(10-11-25(21)16-20-9-13-28-18-20)15-19-4-3-7-23(14-19)27-22-5-1-2-6-22/h3-4,7,9,13-14,18,21-22,26H,1-2,5-6,8,10-12,15-17H2/t21-/m0/s1. The number of piperazine rings is 1. The first kappa shape index (κ1) is 19.9. The van der Waals surface area contributed by atoms with Gasteiger partial charge in [0.25, 0.3) is 0 Å². The van der Waals surface area contributed by atoms with Gasteiger partial charge >= 0.3 is 0 Å². The van der Waals surface area contributed by atoms with Gasteiger partial charge in [-0.3, -0.25) is 9.80 Å². The summed E-state index contributed by atoms with van der Waals surface area (Å²) in [4.78, 5) is 5.06. The molecule has 152 valence electrons. The maximum Gasteiger partial charge on any atom is 0.120 e. The highest BCUT2D eigenvalue weighted by atomic mass is 32.1. The van der Waals surface area contributed by atoms with E-state index in [1.54, 1.807) is 11.3 Å². The van der Waals surface area contributed by atoms with E-state index in [1.807, 2.05) is 0 Å². The number of benzene rings is 1. The van der Waals surface area contributed by atoms with Crippen LogP contribution in [0.15, 0.2) is 41.1 Å². The molecule has 2 aliphatic rings. The molecular formula is C23H32N2O2S. The first-order valence-corrected chi connectivity index (χ1v) is 11.6. The molecule has 28 heavy (non-hydrogen) atoms. The summed E-state index contributed by atoms with van der Waals surface area (Å²) in [7, 11) is 0. The van der Waals surface area contributed by atoms with E-state index in [9.17, 15) is 5.11 Å². The van der Waals surface area contributed by atoms with Crippen LogP contribution in [0.1, 0.15) is 43.2 Å². The van der Waals surface area contributed by atoms with E-state index in [4.69, 9.17) is 4.74 Å². The molecule has 2 heterocycles. The molecule has 5 heteroatoms. The summed E-state index contributed by atoms with van der Waals surface area (Å²) >= 11 is 1.76. The minimum absolute atomic E-state index is 0.253. The van der Waals surface area contributed by atoms with Gasteiger partial charge < -0.3 is 9.84 Å². The molecule has 1 aliphatic carbocycles. The molecule has 4 rings (SSSR count). The van der Waals surface area contributed by atoms with Gasteiger partial charge in [-0.25, -0.2) is 0 Å². The summed E-state index contributed by atoms with van der Waals surface area (Å²) in [5, 5.41) is 13.9. The summed E-state index contributed by atoms with van der Waals surface area (Å²) in [5.41, 5.74) is 2.71. The lowest BCUT2D eigenvalue weighted by Crippen LogP contribution is -2.52. The van der Waals surface area contributed by atoms with Gasteiger partial charge in [-0.05, 0) is 72.2 Å². The van der Waals surface area contributed by atoms with Crippen LogP contribution in [-0.2, 0) is 13.1 Å². The van der Waals surface area contributed by atoms with Gasteiger partial charge in [-0.1, -0.05) is 12.1 Å². The van der Waals surface area contributed by atoms with Crippen LogP contribution in [0.5, 0.6) is 5.75 Å². The molecule has 0 spiro atoms. The Labute approximate surface area is 172 Å². The number of hydrogen-bond acceptors (Lipinski definition) is 5. The van der Waals surface area contributed by atoms with Crippen molar-refractivity contribution < 1.29 is 9.84 Å². The van der Waals surface area contributed by atoms with E-state index >= 15 is 0 Å². The fourth-order valence-electron chi connectivity index (χ4n) is 4.52. The van der Waals surface area contributed by atoms with Gasteiger partial charge in [0.1, 0.15) is 5.75 Å². The zero-order chi connectivity index (χ0) is 19.2. The molecule has 2 fully saturated rings. The molecular weight excluding hydrogens is 368 g/mol. The monoisotopic (exact) mass is 400 g/mol. The number of hydrogen-bond donors (Lipinski definition) is 1. The lowest BCUT2D eigenvalue weighted by atomic mass is 10.1. The molecule has 1 aromatic carbocycles. The summed E-state index contributed by atoms with van der Waals surface area (Å²) < 4.78 is 6.18. The number of ether oxygens (including phenoxy) is 1. The van der Waals surface area contributed by atoms with Crippen molar-refractivity contribution in [3.8, 4) is 5.75 Å². The number of aliphatic hydroxyl groups excluding tert-OH is 1. The van der Waals surface area contributed by atoms with E-state index in [-0.39, 0.29) is 6.61 Å². The molecule has 1 aliphatic heterocycles. The van der Waals surface area contributed by atoms with Crippen molar-refractivity contribution in [2.24, 2.45) is 0 Å². The Morgan fingerprint density at radius 1 is 1.07 bits per heavy atom. The van der Waals surface area contributed by atoms with E-state index in [0.29, 0.717) is 12.1 Å². The summed E-state index contributed by atoms with van der Waals surface area (Å²) in [6, 6.07) is 11.3. The minimum Gasteiger partial charge on any atom is -0.490 e. The second-order valence-electron chi connectivity index (χ2n) is 8.18. The van der Waals surface area contributed by atoms with Gasteiger partial charge in [-0.2, -0.15) is 11.3 Å². The van der Waals surface area contributed by atoms with Crippen LogP contribution in [0.4, 0.5) is 0 Å². The molecule has 1 saturated heterocycles. The molecule has 0 radical (unpaired) electrons. The third-order valence-electron chi connectivity index (χ3n) is 6.03. The maximum absolute atomic E-state index is 9.55. The Hall–Kier alpha value is -1.40. The van der Waals surface area contributed by atoms with Crippen LogP contribution in [0.2, 0.25) is 0 Å². The van der Waals surface area contributed by atoms with Gasteiger partial charge in [0.15, 0.2) is 0 Å². The third kappa shape index (κ3) is 5.35. The van der Waals surface area contributed by atoms with Crippen molar-refractivity contribution >= 4 is 11.3 Å². The van der Waals surface area contributed by atoms with Crippen molar-refractivity contribution in [3.05, 3.63) is 52.2 Å². The molecule has 4 nitrogen and oxygen atoms in total. The van der Waals surface area contributed by atoms with Crippen LogP contribution in [0.25, 0.3) is 0 Å². The highest BCUT2D eigenvalue weighted by molar-refractivity contribution is 7.07. The van der Waals surface area contributed by atoms with Crippen molar-refractivity contribution in [2.45, 2.75) is 57.3 Å². The molecule has 0 amide bonds. The van der Waals surface area contributed by atoms with Gasteiger partial charge in [0.2, 0.25) is 0 Å². The van der Waals surface area contributed by atoms with Gasteiger partial charge in [0, 0.05) is 45.4 Å². The summed E-state index contributed by atoms with van der Waals surface area (Å²) in [5.74, 6) is 1.02. The van der Waals surface area contributed by atoms with Crippen molar-refractivity contribution in [2.75, 3.05) is 26.2 Å². The topological polar surface area (TPSA) is 35.9 Å². The van der Waals surface area contributed by atoms with E-state index in [0.717, 1.165) is 44.9 Å². The van der Waals surface area contributed by atoms with Crippen molar-refractivity contribution in [1.82, 2.24) is 9.80 Å². The second-order valence-corrected chi connectivity index (χ2v) is 8.96. The minimum atomic E-state index is 0.253. The van der Waals surface area contributed by atoms with Crippen LogP contribution in [0, 0.1) is 0 Å². The Morgan fingerprint density at radius 3 is 2.75 bits per heavy atom. The van der Waals surface area contributed by atoms with Crippen LogP contribution < -0.4 is 4.74 Å². The lowest BCUT2D eigenvalue weighted by molar-refractivity contribution is 0.0500. The normalized spacial score (nSPS) is 22.0. The van der Waals surface area contributed by atoms with Crippen molar-refractivity contribution in [3.63, 3.8) is 0 Å². The van der Waals surface area contributed by atoms with Gasteiger partial charge in [0.05, 0.1) is 6.10 Å². The predicted molar refractivity (Wildman–Crippen MR) is 115 cm³/mol. The average molecular weight is 401 g/mol. The zero-order valence-corrected chi connectivity index (χ0v) is 17.4.